The van der Waals surface area contributed by atoms with Crippen molar-refractivity contribution in [2.24, 2.45) is 11.8 Å². The predicted octanol–water partition coefficient (Wildman–Crippen LogP) is 1.95. The number of rotatable bonds is 6. The fourth-order valence-corrected chi connectivity index (χ4v) is 3.66. The number of carbonyl (C=O) groups is 1. The number of fused-ring (bicyclic) bond motifs is 1. The number of hydrogen-bond donors (Lipinski definition) is 4. The summed E-state index contributed by atoms with van der Waals surface area (Å²) >= 11 is 0. The van der Waals surface area contributed by atoms with E-state index < -0.39 is 5.54 Å². The molecule has 0 spiro atoms. The first-order valence-electron chi connectivity index (χ1n) is 9.64. The first-order chi connectivity index (χ1) is 12.4. The molecule has 0 aromatic heterocycles. The lowest BCUT2D eigenvalue weighted by Crippen LogP contribution is -2.53. The first-order valence-corrected chi connectivity index (χ1v) is 9.64. The van der Waals surface area contributed by atoms with Crippen molar-refractivity contribution in [3.8, 4) is 5.75 Å². The molecule has 2 aliphatic heterocycles. The molecule has 2 heterocycles. The highest BCUT2D eigenvalue weighted by Crippen LogP contribution is 2.25. The number of hydrogen-bond acceptors (Lipinski definition) is 5. The average molecular weight is 397 g/mol. The molecular formula is C20H33ClN4O2. The number of ether oxygens (including phenoxy) is 1. The minimum Gasteiger partial charge on any atom is -0.493 e. The van der Waals surface area contributed by atoms with E-state index in [1.807, 2.05) is 38.1 Å². The second kappa shape index (κ2) is 9.24. The van der Waals surface area contributed by atoms with E-state index >= 15 is 0 Å². The molecular weight excluding hydrogens is 364 g/mol. The van der Waals surface area contributed by atoms with Crippen molar-refractivity contribution in [2.45, 2.75) is 51.7 Å². The van der Waals surface area contributed by atoms with E-state index in [2.05, 4.69) is 35.3 Å². The molecule has 1 aromatic carbocycles. The van der Waals surface area contributed by atoms with Crippen LogP contribution in [0.2, 0.25) is 0 Å². The fourth-order valence-electron chi connectivity index (χ4n) is 3.66. The molecule has 0 radical (unpaired) electrons. The van der Waals surface area contributed by atoms with Crippen molar-refractivity contribution in [2.75, 3.05) is 19.7 Å². The summed E-state index contributed by atoms with van der Waals surface area (Å²) in [6, 6.07) is 8.17. The topological polar surface area (TPSA) is 74.4 Å². The Hall–Kier alpha value is -1.34. The monoisotopic (exact) mass is 396 g/mol. The third-order valence-electron chi connectivity index (χ3n) is 5.26. The van der Waals surface area contributed by atoms with Gasteiger partial charge in [0.1, 0.15) is 11.8 Å². The third kappa shape index (κ3) is 5.35. The van der Waals surface area contributed by atoms with Crippen LogP contribution in [0.15, 0.2) is 24.3 Å². The Morgan fingerprint density at radius 3 is 2.63 bits per heavy atom. The molecule has 2 fully saturated rings. The Balaban J connectivity index is 0.00000261. The molecule has 4 N–H and O–H groups in total. The highest BCUT2D eigenvalue weighted by Gasteiger charge is 2.42. The van der Waals surface area contributed by atoms with Crippen molar-refractivity contribution in [3.63, 3.8) is 0 Å². The number of halogens is 1. The summed E-state index contributed by atoms with van der Waals surface area (Å²) in [6.45, 7) is 10.9. The summed E-state index contributed by atoms with van der Waals surface area (Å²) < 4.78 is 5.74. The number of amides is 1. The number of benzene rings is 1. The number of hydrazine groups is 1. The normalized spacial score (nSPS) is 24.9. The second-order valence-electron chi connectivity index (χ2n) is 8.37. The first kappa shape index (κ1) is 22.0. The molecule has 0 saturated carbocycles. The van der Waals surface area contributed by atoms with Crippen LogP contribution in [0.3, 0.4) is 0 Å². The van der Waals surface area contributed by atoms with Gasteiger partial charge in [0, 0.05) is 18.5 Å². The van der Waals surface area contributed by atoms with E-state index in [1.165, 1.54) is 0 Å². The van der Waals surface area contributed by atoms with Gasteiger partial charge in [0.25, 0.3) is 0 Å². The Labute approximate surface area is 168 Å². The van der Waals surface area contributed by atoms with Gasteiger partial charge >= 0.3 is 0 Å². The standard InChI is InChI=1S/C20H32N4O2.ClH/c1-13(2)12-26-15-7-5-14(6-8-15)20(3,4)22-19(25)18-16-11-21-10-9-17(16)23-24-18;/h5-8,13,16-18,21,23-24H,9-12H2,1-4H3,(H,22,25);1H. The number of carbonyl (C=O) groups excluding carboxylic acids is 1. The second-order valence-corrected chi connectivity index (χ2v) is 8.37. The lowest BCUT2D eigenvalue weighted by molar-refractivity contribution is -0.125. The van der Waals surface area contributed by atoms with Crippen LogP contribution in [0.5, 0.6) is 5.75 Å². The van der Waals surface area contributed by atoms with Gasteiger partial charge in [-0.1, -0.05) is 26.0 Å². The minimum absolute atomic E-state index is 0. The van der Waals surface area contributed by atoms with Gasteiger partial charge in [-0.15, -0.1) is 12.4 Å². The van der Waals surface area contributed by atoms with Crippen LogP contribution in [0.4, 0.5) is 0 Å². The Bertz CT molecular complexity index is 621. The average Bonchev–Trinajstić information content (AvgIpc) is 3.04. The van der Waals surface area contributed by atoms with Crippen molar-refractivity contribution in [3.05, 3.63) is 29.8 Å². The summed E-state index contributed by atoms with van der Waals surface area (Å²) in [6.07, 6.45) is 1.04. The third-order valence-corrected chi connectivity index (χ3v) is 5.26. The summed E-state index contributed by atoms with van der Waals surface area (Å²) in [5.41, 5.74) is 7.08. The van der Waals surface area contributed by atoms with Crippen LogP contribution in [0.25, 0.3) is 0 Å². The van der Waals surface area contributed by atoms with Crippen LogP contribution in [-0.4, -0.2) is 37.7 Å². The van der Waals surface area contributed by atoms with Gasteiger partial charge in [0.15, 0.2) is 0 Å². The largest absolute Gasteiger partial charge is 0.493 e. The smallest absolute Gasteiger partial charge is 0.239 e. The molecule has 0 bridgehead atoms. The zero-order valence-electron chi connectivity index (χ0n) is 16.7. The van der Waals surface area contributed by atoms with Gasteiger partial charge in [-0.3, -0.25) is 10.2 Å². The van der Waals surface area contributed by atoms with Gasteiger partial charge < -0.3 is 15.4 Å². The molecule has 27 heavy (non-hydrogen) atoms. The maximum absolute atomic E-state index is 12.9. The van der Waals surface area contributed by atoms with Crippen molar-refractivity contribution in [1.82, 2.24) is 21.5 Å². The zero-order valence-corrected chi connectivity index (χ0v) is 17.5. The molecule has 1 aromatic rings. The fraction of sp³-hybridized carbons (Fsp3) is 0.650. The summed E-state index contributed by atoms with van der Waals surface area (Å²) in [5, 5.41) is 6.59. The number of piperidine rings is 1. The maximum atomic E-state index is 12.9. The molecule has 1 amide bonds. The Kier molecular flexibility index (Phi) is 7.51. The highest BCUT2D eigenvalue weighted by atomic mass is 35.5. The predicted molar refractivity (Wildman–Crippen MR) is 110 cm³/mol. The van der Waals surface area contributed by atoms with Gasteiger partial charge in [0.2, 0.25) is 5.91 Å². The zero-order chi connectivity index (χ0) is 18.7. The van der Waals surface area contributed by atoms with Crippen LogP contribution in [0.1, 0.15) is 39.7 Å². The molecule has 0 aliphatic carbocycles. The van der Waals surface area contributed by atoms with Gasteiger partial charge in [0.05, 0.1) is 12.1 Å². The molecule has 152 valence electrons. The van der Waals surface area contributed by atoms with Crippen molar-refractivity contribution < 1.29 is 9.53 Å². The Morgan fingerprint density at radius 2 is 1.96 bits per heavy atom. The number of nitrogens with one attached hydrogen (secondary N) is 4. The van der Waals surface area contributed by atoms with Crippen LogP contribution < -0.4 is 26.2 Å². The SMILES string of the molecule is CC(C)COc1ccc(C(C)(C)NC(=O)C2NNC3CCNCC32)cc1.Cl. The van der Waals surface area contributed by atoms with E-state index in [9.17, 15) is 4.79 Å². The van der Waals surface area contributed by atoms with E-state index in [-0.39, 0.29) is 30.3 Å². The molecule has 3 unspecified atom stereocenters. The Morgan fingerprint density at radius 1 is 1.26 bits per heavy atom. The van der Waals surface area contributed by atoms with E-state index in [1.54, 1.807) is 0 Å². The lowest BCUT2D eigenvalue weighted by atomic mass is 9.87. The summed E-state index contributed by atoms with van der Waals surface area (Å²) in [4.78, 5) is 12.9. The van der Waals surface area contributed by atoms with Gasteiger partial charge in [-0.2, -0.15) is 0 Å². The summed E-state index contributed by atoms with van der Waals surface area (Å²) in [5.74, 6) is 1.68. The quantitative estimate of drug-likeness (QED) is 0.591. The van der Waals surface area contributed by atoms with Crippen molar-refractivity contribution >= 4 is 18.3 Å². The molecule has 3 atom stereocenters. The van der Waals surface area contributed by atoms with Crippen LogP contribution in [0, 0.1) is 11.8 Å². The molecule has 7 heteroatoms. The molecule has 2 aliphatic rings. The van der Waals surface area contributed by atoms with Crippen molar-refractivity contribution in [1.29, 1.82) is 0 Å². The molecule has 2 saturated heterocycles. The van der Waals surface area contributed by atoms with E-state index in [4.69, 9.17) is 4.74 Å². The lowest BCUT2D eigenvalue weighted by Gasteiger charge is -2.31. The van der Waals surface area contributed by atoms with E-state index in [0.29, 0.717) is 18.6 Å². The van der Waals surface area contributed by atoms with Crippen LogP contribution >= 0.6 is 12.4 Å². The molecule has 3 rings (SSSR count). The van der Waals surface area contributed by atoms with Gasteiger partial charge in [-0.05, 0) is 50.4 Å². The highest BCUT2D eigenvalue weighted by molar-refractivity contribution is 5.85. The maximum Gasteiger partial charge on any atom is 0.239 e. The van der Waals surface area contributed by atoms with E-state index in [0.717, 1.165) is 30.8 Å². The van der Waals surface area contributed by atoms with Gasteiger partial charge in [-0.25, -0.2) is 5.43 Å². The molecule has 6 nitrogen and oxygen atoms in total. The minimum atomic E-state index is -0.449. The van der Waals surface area contributed by atoms with Crippen LogP contribution in [-0.2, 0) is 10.3 Å². The summed E-state index contributed by atoms with van der Waals surface area (Å²) in [7, 11) is 0.